The van der Waals surface area contributed by atoms with Crippen molar-refractivity contribution in [2.75, 3.05) is 18.9 Å². The predicted molar refractivity (Wildman–Crippen MR) is 53.2 cm³/mol. The number of anilines is 1. The molecule has 1 rings (SSSR count). The third-order valence-electron chi connectivity index (χ3n) is 1.56. The molecule has 1 aromatic carbocycles. The van der Waals surface area contributed by atoms with Crippen molar-refractivity contribution in [3.63, 3.8) is 0 Å². The molecule has 0 aliphatic rings. The Balaban J connectivity index is 2.83. The summed E-state index contributed by atoms with van der Waals surface area (Å²) in [6, 6.07) is 4.54. The number of rotatable bonds is 3. The van der Waals surface area contributed by atoms with E-state index >= 15 is 0 Å². The average molecular weight is 216 g/mol. The number of aliphatic hydroxyl groups excluding tert-OH is 1. The maximum absolute atomic E-state index is 11.3. The molecule has 3 N–H and O–H groups in total. The predicted octanol–water partition coefficient (Wildman–Crippen LogP) is 1.07. The van der Waals surface area contributed by atoms with Crippen LogP contribution in [-0.2, 0) is 4.74 Å². The molecule has 0 atom stereocenters. The number of nitrogen functional groups attached to an aromatic ring is 1. The highest BCUT2D eigenvalue weighted by Crippen LogP contribution is 2.18. The van der Waals surface area contributed by atoms with E-state index in [0.717, 1.165) is 0 Å². The van der Waals surface area contributed by atoms with E-state index in [4.69, 9.17) is 22.4 Å². The fourth-order valence-corrected chi connectivity index (χ4v) is 1.09. The maximum atomic E-state index is 11.3. The normalized spacial score (nSPS) is 9.86. The molecule has 0 unspecified atom stereocenters. The van der Waals surface area contributed by atoms with Gasteiger partial charge in [-0.3, -0.25) is 0 Å². The van der Waals surface area contributed by atoms with Gasteiger partial charge in [0.2, 0.25) is 0 Å². The van der Waals surface area contributed by atoms with Gasteiger partial charge < -0.3 is 15.6 Å². The average Bonchev–Trinajstić information content (AvgIpc) is 2.18. The molecule has 0 radical (unpaired) electrons. The van der Waals surface area contributed by atoms with Gasteiger partial charge >= 0.3 is 5.97 Å². The molecule has 0 amide bonds. The Morgan fingerprint density at radius 2 is 2.29 bits per heavy atom. The first-order valence-corrected chi connectivity index (χ1v) is 4.36. The van der Waals surface area contributed by atoms with Gasteiger partial charge in [0.1, 0.15) is 6.61 Å². The Hall–Kier alpha value is -1.26. The van der Waals surface area contributed by atoms with Gasteiger partial charge in [0.05, 0.1) is 12.2 Å². The Kier molecular flexibility index (Phi) is 3.73. The summed E-state index contributed by atoms with van der Waals surface area (Å²) in [5.74, 6) is -0.584. The summed E-state index contributed by atoms with van der Waals surface area (Å²) in [6.07, 6.45) is 0. The van der Waals surface area contributed by atoms with Crippen LogP contribution in [-0.4, -0.2) is 24.3 Å². The van der Waals surface area contributed by atoms with Crippen LogP contribution in [0, 0.1) is 0 Å². The minimum Gasteiger partial charge on any atom is -0.460 e. The van der Waals surface area contributed by atoms with Crippen LogP contribution < -0.4 is 5.73 Å². The Labute approximate surface area is 86.2 Å². The summed E-state index contributed by atoms with van der Waals surface area (Å²) in [7, 11) is 0. The van der Waals surface area contributed by atoms with Crippen molar-refractivity contribution < 1.29 is 14.6 Å². The van der Waals surface area contributed by atoms with E-state index in [1.165, 1.54) is 12.1 Å². The van der Waals surface area contributed by atoms with E-state index in [2.05, 4.69) is 4.74 Å². The van der Waals surface area contributed by atoms with Crippen molar-refractivity contribution in [1.29, 1.82) is 0 Å². The zero-order chi connectivity index (χ0) is 10.6. The highest BCUT2D eigenvalue weighted by Gasteiger charge is 2.11. The molecule has 0 saturated carbocycles. The summed E-state index contributed by atoms with van der Waals surface area (Å²) in [4.78, 5) is 11.3. The second kappa shape index (κ2) is 4.83. The van der Waals surface area contributed by atoms with Crippen molar-refractivity contribution >= 4 is 23.3 Å². The highest BCUT2D eigenvalue weighted by atomic mass is 35.5. The van der Waals surface area contributed by atoms with Gasteiger partial charge in [-0.05, 0) is 18.2 Å². The second-order valence-corrected chi connectivity index (χ2v) is 3.03. The van der Waals surface area contributed by atoms with Crippen LogP contribution in [0.5, 0.6) is 0 Å². The lowest BCUT2D eigenvalue weighted by atomic mass is 10.2. The van der Waals surface area contributed by atoms with Crippen LogP contribution in [0.25, 0.3) is 0 Å². The summed E-state index contributed by atoms with van der Waals surface area (Å²) in [5.41, 5.74) is 6.06. The number of esters is 1. The third-order valence-corrected chi connectivity index (χ3v) is 1.79. The molecule has 4 nitrogen and oxygen atoms in total. The smallest absolute Gasteiger partial charge is 0.340 e. The van der Waals surface area contributed by atoms with Crippen molar-refractivity contribution in [2.24, 2.45) is 0 Å². The van der Waals surface area contributed by atoms with Crippen LogP contribution in [0.15, 0.2) is 18.2 Å². The lowest BCUT2D eigenvalue weighted by Gasteiger charge is -2.05. The number of hydrogen-bond acceptors (Lipinski definition) is 4. The van der Waals surface area contributed by atoms with Gasteiger partial charge in [0.15, 0.2) is 0 Å². The number of aliphatic hydroxyl groups is 1. The summed E-state index contributed by atoms with van der Waals surface area (Å²) in [6.45, 7) is -0.267. The molecule has 0 spiro atoms. The second-order valence-electron chi connectivity index (χ2n) is 2.59. The monoisotopic (exact) mass is 215 g/mol. The number of carbonyl (C=O) groups is 1. The lowest BCUT2D eigenvalue weighted by Crippen LogP contribution is -2.10. The topological polar surface area (TPSA) is 72.6 Å². The molecule has 76 valence electrons. The van der Waals surface area contributed by atoms with E-state index in [1.807, 2.05) is 0 Å². The van der Waals surface area contributed by atoms with Crippen molar-refractivity contribution in [1.82, 2.24) is 0 Å². The Morgan fingerprint density at radius 1 is 1.57 bits per heavy atom. The van der Waals surface area contributed by atoms with Crippen LogP contribution in [0.3, 0.4) is 0 Å². The van der Waals surface area contributed by atoms with Crippen LogP contribution >= 0.6 is 11.6 Å². The zero-order valence-electron chi connectivity index (χ0n) is 7.37. The zero-order valence-corrected chi connectivity index (χ0v) is 8.12. The molecule has 1 aromatic rings. The summed E-state index contributed by atoms with van der Waals surface area (Å²) >= 11 is 5.68. The number of benzene rings is 1. The third kappa shape index (κ3) is 2.61. The van der Waals surface area contributed by atoms with Gasteiger partial charge in [0.25, 0.3) is 0 Å². The fraction of sp³-hybridized carbons (Fsp3) is 0.222. The molecule has 0 fully saturated rings. The lowest BCUT2D eigenvalue weighted by molar-refractivity contribution is 0.0435. The molecule has 0 aliphatic heterocycles. The maximum Gasteiger partial charge on any atom is 0.340 e. The molecule has 0 bridgehead atoms. The Bertz CT molecular complexity index is 341. The van der Waals surface area contributed by atoms with E-state index in [9.17, 15) is 4.79 Å². The Morgan fingerprint density at radius 3 is 2.93 bits per heavy atom. The number of ether oxygens (including phenoxy) is 1. The molecule has 0 aromatic heterocycles. The number of halogens is 1. The minimum absolute atomic E-state index is 0.0508. The summed E-state index contributed by atoms with van der Waals surface area (Å²) in [5, 5.41) is 8.86. The SMILES string of the molecule is Nc1ccc(Cl)cc1C(=O)OCCO. The van der Waals surface area contributed by atoms with E-state index in [0.29, 0.717) is 10.7 Å². The minimum atomic E-state index is -0.584. The molecular weight excluding hydrogens is 206 g/mol. The fourth-order valence-electron chi connectivity index (χ4n) is 0.921. The van der Waals surface area contributed by atoms with Gasteiger partial charge in [0, 0.05) is 10.7 Å². The van der Waals surface area contributed by atoms with Crippen molar-refractivity contribution in [2.45, 2.75) is 0 Å². The largest absolute Gasteiger partial charge is 0.460 e. The van der Waals surface area contributed by atoms with Crippen molar-refractivity contribution in [3.8, 4) is 0 Å². The number of nitrogens with two attached hydrogens (primary N) is 1. The van der Waals surface area contributed by atoms with E-state index in [-0.39, 0.29) is 18.8 Å². The summed E-state index contributed by atoms with van der Waals surface area (Å²) < 4.78 is 4.69. The quantitative estimate of drug-likeness (QED) is 0.585. The number of hydrogen-bond donors (Lipinski definition) is 2. The first-order valence-electron chi connectivity index (χ1n) is 3.98. The first-order chi connectivity index (χ1) is 6.65. The molecule has 5 heteroatoms. The van der Waals surface area contributed by atoms with Crippen LogP contribution in [0.1, 0.15) is 10.4 Å². The van der Waals surface area contributed by atoms with Gasteiger partial charge in [-0.1, -0.05) is 11.6 Å². The molecule has 0 saturated heterocycles. The molecule has 0 heterocycles. The van der Waals surface area contributed by atoms with Crippen LogP contribution in [0.2, 0.25) is 5.02 Å². The highest BCUT2D eigenvalue weighted by molar-refractivity contribution is 6.31. The van der Waals surface area contributed by atoms with Gasteiger partial charge in [-0.2, -0.15) is 0 Å². The molecule has 14 heavy (non-hydrogen) atoms. The first kappa shape index (κ1) is 10.8. The van der Waals surface area contributed by atoms with Gasteiger partial charge in [-0.15, -0.1) is 0 Å². The number of carbonyl (C=O) groups excluding carboxylic acids is 1. The van der Waals surface area contributed by atoms with Gasteiger partial charge in [-0.25, -0.2) is 4.79 Å². The van der Waals surface area contributed by atoms with Crippen LogP contribution in [0.4, 0.5) is 5.69 Å². The van der Waals surface area contributed by atoms with Crippen molar-refractivity contribution in [3.05, 3.63) is 28.8 Å². The van der Waals surface area contributed by atoms with E-state index < -0.39 is 5.97 Å². The molecular formula is C9H10ClNO3. The standard InChI is InChI=1S/C9H10ClNO3/c10-6-1-2-8(11)7(5-6)9(13)14-4-3-12/h1-2,5,12H,3-4,11H2. The van der Waals surface area contributed by atoms with E-state index in [1.54, 1.807) is 6.07 Å². The molecule has 0 aliphatic carbocycles.